The van der Waals surface area contributed by atoms with E-state index in [2.05, 4.69) is 37.1 Å². The molecular formula is C21H27N3S. The van der Waals surface area contributed by atoms with Gasteiger partial charge in [-0.15, -0.1) is 11.3 Å². The summed E-state index contributed by atoms with van der Waals surface area (Å²) in [5.74, 6) is 3.23. The molecular weight excluding hydrogens is 326 g/mol. The SMILES string of the molecule is C[C@H]1CCC(c2ccc3sc(C4CC5CN(C)CC5C4)nc3c2)=NC1. The van der Waals surface area contributed by atoms with Gasteiger partial charge in [-0.3, -0.25) is 4.99 Å². The Morgan fingerprint density at radius 1 is 1.16 bits per heavy atom. The number of fused-ring (bicyclic) bond motifs is 2. The van der Waals surface area contributed by atoms with Crippen molar-refractivity contribution in [2.75, 3.05) is 26.7 Å². The molecule has 1 aromatic carbocycles. The van der Waals surface area contributed by atoms with Gasteiger partial charge in [-0.05, 0) is 68.2 Å². The lowest BCUT2D eigenvalue weighted by Crippen LogP contribution is -2.16. The van der Waals surface area contributed by atoms with Gasteiger partial charge in [-0.1, -0.05) is 13.0 Å². The molecule has 3 aliphatic rings. The van der Waals surface area contributed by atoms with Crippen LogP contribution in [0.15, 0.2) is 23.2 Å². The number of benzene rings is 1. The van der Waals surface area contributed by atoms with Crippen LogP contribution >= 0.6 is 11.3 Å². The van der Waals surface area contributed by atoms with Crippen LogP contribution in [-0.2, 0) is 0 Å². The van der Waals surface area contributed by atoms with Crippen molar-refractivity contribution >= 4 is 27.3 Å². The molecule has 3 atom stereocenters. The summed E-state index contributed by atoms with van der Waals surface area (Å²) >= 11 is 1.93. The summed E-state index contributed by atoms with van der Waals surface area (Å²) in [5.41, 5.74) is 3.77. The monoisotopic (exact) mass is 353 g/mol. The predicted molar refractivity (Wildman–Crippen MR) is 106 cm³/mol. The molecule has 2 unspecified atom stereocenters. The molecule has 2 fully saturated rings. The zero-order valence-electron chi connectivity index (χ0n) is 15.2. The van der Waals surface area contributed by atoms with E-state index in [1.54, 1.807) is 0 Å². The lowest BCUT2D eigenvalue weighted by molar-refractivity contribution is 0.371. The molecule has 1 aromatic heterocycles. The molecule has 0 spiro atoms. The topological polar surface area (TPSA) is 28.5 Å². The maximum atomic E-state index is 5.06. The zero-order valence-corrected chi connectivity index (χ0v) is 16.1. The van der Waals surface area contributed by atoms with Crippen LogP contribution in [0.1, 0.15) is 49.1 Å². The van der Waals surface area contributed by atoms with Crippen molar-refractivity contribution in [2.24, 2.45) is 22.7 Å². The average Bonchev–Trinajstić information content (AvgIpc) is 3.26. The van der Waals surface area contributed by atoms with E-state index < -0.39 is 0 Å². The van der Waals surface area contributed by atoms with Crippen molar-refractivity contribution in [3.63, 3.8) is 0 Å². The maximum Gasteiger partial charge on any atom is 0.0969 e. The Morgan fingerprint density at radius 2 is 1.96 bits per heavy atom. The standard InChI is InChI=1S/C21H27N3S/c1-13-3-5-18(22-10-13)14-4-6-20-19(9-14)23-21(25-20)15-7-16-11-24(2)12-17(16)8-15/h4,6,9,13,15-17H,3,5,7-8,10-12H2,1-2H3/t13-,15?,16?,17?/m0/s1. The molecule has 3 heterocycles. The van der Waals surface area contributed by atoms with Gasteiger partial charge in [0.1, 0.15) is 0 Å². The zero-order chi connectivity index (χ0) is 17.0. The number of rotatable bonds is 2. The predicted octanol–water partition coefficient (Wildman–Crippen LogP) is 4.57. The quantitative estimate of drug-likeness (QED) is 0.791. The smallest absolute Gasteiger partial charge is 0.0969 e. The van der Waals surface area contributed by atoms with E-state index in [1.165, 1.54) is 58.9 Å². The first-order chi connectivity index (χ1) is 12.2. The summed E-state index contributed by atoms with van der Waals surface area (Å²) < 4.78 is 1.35. The van der Waals surface area contributed by atoms with E-state index in [4.69, 9.17) is 9.98 Å². The van der Waals surface area contributed by atoms with E-state index in [1.807, 2.05) is 11.3 Å². The number of hydrogen-bond acceptors (Lipinski definition) is 4. The lowest BCUT2D eigenvalue weighted by Gasteiger charge is -2.17. The Bertz CT molecular complexity index is 810. The highest BCUT2D eigenvalue weighted by Crippen LogP contribution is 2.47. The van der Waals surface area contributed by atoms with Gasteiger partial charge in [-0.2, -0.15) is 0 Å². The molecule has 1 aliphatic carbocycles. The van der Waals surface area contributed by atoms with Gasteiger partial charge >= 0.3 is 0 Å². The summed E-state index contributed by atoms with van der Waals surface area (Å²) in [6, 6.07) is 6.82. The molecule has 0 bridgehead atoms. The molecule has 2 aromatic rings. The van der Waals surface area contributed by atoms with Gasteiger partial charge in [0.2, 0.25) is 0 Å². The van der Waals surface area contributed by atoms with Crippen molar-refractivity contribution in [1.82, 2.24) is 9.88 Å². The largest absolute Gasteiger partial charge is 0.306 e. The maximum absolute atomic E-state index is 5.06. The van der Waals surface area contributed by atoms with Crippen LogP contribution in [0.2, 0.25) is 0 Å². The minimum Gasteiger partial charge on any atom is -0.306 e. The van der Waals surface area contributed by atoms with E-state index >= 15 is 0 Å². The van der Waals surface area contributed by atoms with Gasteiger partial charge in [0.05, 0.1) is 15.2 Å². The first-order valence-corrected chi connectivity index (χ1v) is 10.6. The Morgan fingerprint density at radius 3 is 2.68 bits per heavy atom. The fourth-order valence-corrected chi connectivity index (χ4v) is 6.16. The highest BCUT2D eigenvalue weighted by atomic mass is 32.1. The van der Waals surface area contributed by atoms with Crippen molar-refractivity contribution in [2.45, 2.75) is 38.5 Å². The molecule has 4 heteroatoms. The van der Waals surface area contributed by atoms with E-state index in [-0.39, 0.29) is 0 Å². The summed E-state index contributed by atoms with van der Waals surface area (Å²) in [6.45, 7) is 5.85. The highest BCUT2D eigenvalue weighted by molar-refractivity contribution is 7.18. The van der Waals surface area contributed by atoms with Gasteiger partial charge in [0, 0.05) is 31.3 Å². The Hall–Kier alpha value is -1.26. The first-order valence-electron chi connectivity index (χ1n) is 9.78. The van der Waals surface area contributed by atoms with Gasteiger partial charge in [-0.25, -0.2) is 4.98 Å². The highest BCUT2D eigenvalue weighted by Gasteiger charge is 2.41. The summed E-state index contributed by atoms with van der Waals surface area (Å²) in [5, 5.41) is 1.38. The number of likely N-dealkylation sites (tertiary alicyclic amines) is 1. The normalized spacial score (nSPS) is 33.0. The van der Waals surface area contributed by atoms with Crippen LogP contribution < -0.4 is 0 Å². The molecule has 1 saturated carbocycles. The number of hydrogen-bond donors (Lipinski definition) is 0. The van der Waals surface area contributed by atoms with Crippen LogP contribution in [0, 0.1) is 17.8 Å². The number of aromatic nitrogens is 1. The fourth-order valence-electron chi connectivity index (χ4n) is 5.09. The van der Waals surface area contributed by atoms with Gasteiger partial charge in [0.25, 0.3) is 0 Å². The molecule has 1 saturated heterocycles. The van der Waals surface area contributed by atoms with E-state index in [9.17, 15) is 0 Å². The molecule has 0 radical (unpaired) electrons. The molecule has 0 N–H and O–H groups in total. The summed E-state index contributed by atoms with van der Waals surface area (Å²) in [7, 11) is 2.27. The van der Waals surface area contributed by atoms with Gasteiger partial charge < -0.3 is 4.90 Å². The molecule has 5 rings (SSSR count). The number of thiazole rings is 1. The van der Waals surface area contributed by atoms with Crippen molar-refractivity contribution in [3.8, 4) is 0 Å². The second-order valence-corrected chi connectivity index (χ2v) is 9.64. The van der Waals surface area contributed by atoms with Crippen molar-refractivity contribution < 1.29 is 0 Å². The molecule has 0 amide bonds. The third-order valence-corrected chi connectivity index (χ3v) is 7.69. The van der Waals surface area contributed by atoms with Gasteiger partial charge in [0.15, 0.2) is 0 Å². The fraction of sp³-hybridized carbons (Fsp3) is 0.619. The number of aliphatic imine (C=N–C) groups is 1. The van der Waals surface area contributed by atoms with Crippen molar-refractivity contribution in [3.05, 3.63) is 28.8 Å². The van der Waals surface area contributed by atoms with Crippen LogP contribution in [0.25, 0.3) is 10.2 Å². The molecule has 132 valence electrons. The van der Waals surface area contributed by atoms with Crippen LogP contribution in [0.3, 0.4) is 0 Å². The second kappa shape index (κ2) is 6.17. The lowest BCUT2D eigenvalue weighted by atomic mass is 9.96. The summed E-state index contributed by atoms with van der Waals surface area (Å²) in [4.78, 5) is 12.4. The second-order valence-electron chi connectivity index (χ2n) is 8.58. The van der Waals surface area contributed by atoms with Crippen molar-refractivity contribution in [1.29, 1.82) is 0 Å². The molecule has 25 heavy (non-hydrogen) atoms. The third-order valence-electron chi connectivity index (χ3n) is 6.49. The Balaban J connectivity index is 1.39. The Labute approximate surface area is 154 Å². The molecule has 3 nitrogen and oxygen atoms in total. The minimum atomic E-state index is 0.692. The minimum absolute atomic E-state index is 0.692. The third kappa shape index (κ3) is 2.93. The Kier molecular flexibility index (Phi) is 3.94. The molecule has 2 aliphatic heterocycles. The average molecular weight is 354 g/mol. The first kappa shape index (κ1) is 16.0. The summed E-state index contributed by atoms with van der Waals surface area (Å²) in [6.07, 6.45) is 5.06. The van der Waals surface area contributed by atoms with E-state index in [0.29, 0.717) is 5.92 Å². The van der Waals surface area contributed by atoms with Crippen LogP contribution in [0.5, 0.6) is 0 Å². The van der Waals surface area contributed by atoms with Crippen LogP contribution in [0.4, 0.5) is 0 Å². The van der Waals surface area contributed by atoms with Crippen LogP contribution in [-0.4, -0.2) is 42.3 Å². The van der Waals surface area contributed by atoms with E-state index in [0.717, 1.165) is 30.7 Å². The number of nitrogens with zero attached hydrogens (tertiary/aromatic N) is 3.